The Balaban J connectivity index is 1.66. The van der Waals surface area contributed by atoms with Crippen LogP contribution in [0.1, 0.15) is 16.7 Å². The average molecular weight is 449 g/mol. The molecule has 0 radical (unpaired) electrons. The monoisotopic (exact) mass is 449 g/mol. The van der Waals surface area contributed by atoms with Crippen molar-refractivity contribution in [1.82, 2.24) is 4.57 Å². The molecule has 1 aromatic heterocycles. The Bertz CT molecular complexity index is 1420. The summed E-state index contributed by atoms with van der Waals surface area (Å²) in [4.78, 5) is 15.3. The highest BCUT2D eigenvalue weighted by atomic mass is 19.4. The number of fused-ring (bicyclic) bond motifs is 1. The number of nitrogens with zero attached hydrogens (tertiary/aromatic N) is 4. The Kier molecular flexibility index (Phi) is 5.81. The van der Waals surface area contributed by atoms with Crippen LogP contribution in [0.2, 0.25) is 0 Å². The minimum atomic E-state index is -4.65. The lowest BCUT2D eigenvalue weighted by molar-refractivity contribution is -0.136. The first-order chi connectivity index (χ1) is 15.8. The molecule has 0 spiro atoms. The molecular formula is C24H18F3N5O. The molecule has 6 nitrogen and oxygen atoms in total. The second kappa shape index (κ2) is 8.72. The van der Waals surface area contributed by atoms with E-state index in [2.05, 4.69) is 10.0 Å². The first-order valence-corrected chi connectivity index (χ1v) is 9.95. The van der Waals surface area contributed by atoms with Crippen molar-refractivity contribution in [3.05, 3.63) is 110 Å². The second-order valence-corrected chi connectivity index (χ2v) is 7.54. The van der Waals surface area contributed by atoms with Crippen LogP contribution in [0.15, 0.2) is 82.7 Å². The number of hydrogen-bond acceptors (Lipinski definition) is 3. The highest BCUT2D eigenvalue weighted by Crippen LogP contribution is 2.34. The van der Waals surface area contributed by atoms with Crippen LogP contribution >= 0.6 is 0 Å². The van der Waals surface area contributed by atoms with Gasteiger partial charge in [0.05, 0.1) is 24.2 Å². The maximum Gasteiger partial charge on any atom is 0.417 e. The summed E-state index contributed by atoms with van der Waals surface area (Å²) in [6, 6.07) is 19.7. The predicted octanol–water partition coefficient (Wildman–Crippen LogP) is 6.13. The van der Waals surface area contributed by atoms with Crippen molar-refractivity contribution in [2.75, 3.05) is 5.73 Å². The van der Waals surface area contributed by atoms with Gasteiger partial charge in [-0.1, -0.05) is 59.7 Å². The third kappa shape index (κ3) is 4.68. The van der Waals surface area contributed by atoms with E-state index < -0.39 is 17.3 Å². The van der Waals surface area contributed by atoms with Crippen molar-refractivity contribution in [3.8, 4) is 11.1 Å². The summed E-state index contributed by atoms with van der Waals surface area (Å²) in [7, 11) is 0. The first-order valence-electron chi connectivity index (χ1n) is 9.95. The van der Waals surface area contributed by atoms with Gasteiger partial charge in [0.1, 0.15) is 0 Å². The smallest absolute Gasteiger partial charge is 0.399 e. The van der Waals surface area contributed by atoms with Gasteiger partial charge in [-0.25, -0.2) is 0 Å². The Morgan fingerprint density at radius 3 is 2.09 bits per heavy atom. The standard InChI is InChI=1S/C24H18F3N5O/c25-24(26,27)21-12-23(33)32(22-11-19(28)9-10-20(21)22)14-16-3-7-18(8-4-16)17-5-1-15(2-6-17)13-30-31-29/h1-12H,13-14,28H2. The molecule has 0 amide bonds. The largest absolute Gasteiger partial charge is 0.417 e. The van der Waals surface area contributed by atoms with Gasteiger partial charge in [0, 0.05) is 22.1 Å². The van der Waals surface area contributed by atoms with Gasteiger partial charge in [0.25, 0.3) is 5.56 Å². The summed E-state index contributed by atoms with van der Waals surface area (Å²) in [5.74, 6) is 0. The molecule has 1 heterocycles. The zero-order valence-corrected chi connectivity index (χ0v) is 17.3. The predicted molar refractivity (Wildman–Crippen MR) is 121 cm³/mol. The van der Waals surface area contributed by atoms with Crippen LogP contribution in [-0.2, 0) is 19.3 Å². The van der Waals surface area contributed by atoms with Crippen LogP contribution in [-0.4, -0.2) is 4.57 Å². The van der Waals surface area contributed by atoms with E-state index in [9.17, 15) is 18.0 Å². The lowest BCUT2D eigenvalue weighted by Crippen LogP contribution is -2.23. The number of anilines is 1. The average Bonchev–Trinajstić information content (AvgIpc) is 2.79. The van der Waals surface area contributed by atoms with Crippen LogP contribution in [0.3, 0.4) is 0 Å². The van der Waals surface area contributed by atoms with Crippen molar-refractivity contribution in [1.29, 1.82) is 0 Å². The molecule has 0 aliphatic heterocycles. The zero-order valence-electron chi connectivity index (χ0n) is 17.3. The zero-order chi connectivity index (χ0) is 23.6. The van der Waals surface area contributed by atoms with E-state index >= 15 is 0 Å². The van der Waals surface area contributed by atoms with E-state index in [-0.39, 0.29) is 29.7 Å². The molecule has 2 N–H and O–H groups in total. The van der Waals surface area contributed by atoms with Crippen LogP contribution in [0.25, 0.3) is 32.5 Å². The van der Waals surface area contributed by atoms with E-state index in [0.29, 0.717) is 6.07 Å². The number of aromatic nitrogens is 1. The Morgan fingerprint density at radius 2 is 1.52 bits per heavy atom. The fraction of sp³-hybridized carbons (Fsp3) is 0.125. The highest BCUT2D eigenvalue weighted by molar-refractivity contribution is 5.86. The molecule has 0 saturated heterocycles. The minimum Gasteiger partial charge on any atom is -0.399 e. The van der Waals surface area contributed by atoms with E-state index in [4.69, 9.17) is 11.3 Å². The lowest BCUT2D eigenvalue weighted by atomic mass is 10.0. The summed E-state index contributed by atoms with van der Waals surface area (Å²) < 4.78 is 41.6. The van der Waals surface area contributed by atoms with E-state index in [1.165, 1.54) is 22.8 Å². The van der Waals surface area contributed by atoms with Crippen molar-refractivity contribution in [2.45, 2.75) is 19.3 Å². The summed E-state index contributed by atoms with van der Waals surface area (Å²) in [5.41, 5.74) is 16.4. The van der Waals surface area contributed by atoms with Crippen molar-refractivity contribution >= 4 is 16.6 Å². The Morgan fingerprint density at radius 1 is 0.909 bits per heavy atom. The van der Waals surface area contributed by atoms with Gasteiger partial charge in [-0.3, -0.25) is 4.79 Å². The molecule has 0 aliphatic rings. The van der Waals surface area contributed by atoms with Gasteiger partial charge >= 0.3 is 6.18 Å². The fourth-order valence-electron chi connectivity index (χ4n) is 3.70. The molecule has 4 aromatic rings. The third-order valence-corrected chi connectivity index (χ3v) is 5.34. The first kappa shape index (κ1) is 22.0. The molecule has 0 fully saturated rings. The summed E-state index contributed by atoms with van der Waals surface area (Å²) in [6.45, 7) is 0.373. The number of benzene rings is 3. The van der Waals surface area contributed by atoms with Gasteiger partial charge in [0.2, 0.25) is 0 Å². The Labute approximate surface area is 186 Å². The molecule has 3 aromatic carbocycles. The molecule has 4 rings (SSSR count). The molecule has 0 atom stereocenters. The number of azide groups is 1. The van der Waals surface area contributed by atoms with Crippen LogP contribution in [0, 0.1) is 0 Å². The Hall–Kier alpha value is -4.23. The maximum absolute atomic E-state index is 13.4. The minimum absolute atomic E-state index is 0.0752. The SMILES string of the molecule is [N-]=[N+]=NCc1ccc(-c2ccc(Cn3c(=O)cc(C(F)(F)F)c4ccc(N)cc43)cc2)cc1. The van der Waals surface area contributed by atoms with Gasteiger partial charge in [0.15, 0.2) is 0 Å². The fourth-order valence-corrected chi connectivity index (χ4v) is 3.70. The van der Waals surface area contributed by atoms with E-state index in [0.717, 1.165) is 22.3 Å². The number of pyridine rings is 1. The molecule has 0 aliphatic carbocycles. The molecule has 9 heteroatoms. The number of alkyl halides is 3. The van der Waals surface area contributed by atoms with Crippen molar-refractivity contribution in [3.63, 3.8) is 0 Å². The number of halogens is 3. The van der Waals surface area contributed by atoms with Crippen LogP contribution in [0.5, 0.6) is 0 Å². The van der Waals surface area contributed by atoms with Crippen LogP contribution < -0.4 is 11.3 Å². The second-order valence-electron chi connectivity index (χ2n) is 7.54. The summed E-state index contributed by atoms with van der Waals surface area (Å²) in [6.07, 6.45) is -4.65. The van der Waals surface area contributed by atoms with Gasteiger partial charge < -0.3 is 10.3 Å². The third-order valence-electron chi connectivity index (χ3n) is 5.34. The van der Waals surface area contributed by atoms with E-state index in [1.54, 1.807) is 0 Å². The summed E-state index contributed by atoms with van der Waals surface area (Å²) in [5, 5.41) is 3.46. The molecule has 33 heavy (non-hydrogen) atoms. The van der Waals surface area contributed by atoms with Crippen molar-refractivity contribution in [2.24, 2.45) is 5.11 Å². The highest BCUT2D eigenvalue weighted by Gasteiger charge is 2.33. The molecular weight excluding hydrogens is 431 g/mol. The van der Waals surface area contributed by atoms with Crippen LogP contribution in [0.4, 0.5) is 18.9 Å². The normalized spacial score (nSPS) is 11.4. The topological polar surface area (TPSA) is 96.8 Å². The van der Waals surface area contributed by atoms with E-state index in [1.807, 2.05) is 48.5 Å². The number of nitrogen functional groups attached to an aromatic ring is 1. The molecule has 0 unspecified atom stereocenters. The van der Waals surface area contributed by atoms with Crippen molar-refractivity contribution < 1.29 is 13.2 Å². The van der Waals surface area contributed by atoms with Gasteiger partial charge in [-0.15, -0.1) is 0 Å². The molecule has 0 saturated carbocycles. The lowest BCUT2D eigenvalue weighted by Gasteiger charge is -2.16. The van der Waals surface area contributed by atoms with Gasteiger partial charge in [-0.05, 0) is 39.9 Å². The number of nitrogens with two attached hydrogens (primary N) is 1. The number of rotatable bonds is 5. The maximum atomic E-state index is 13.4. The summed E-state index contributed by atoms with van der Waals surface area (Å²) >= 11 is 0. The molecule has 166 valence electrons. The quantitative estimate of drug-likeness (QED) is 0.172. The van der Waals surface area contributed by atoms with Gasteiger partial charge in [-0.2, -0.15) is 13.2 Å². The number of hydrogen-bond donors (Lipinski definition) is 1. The molecule has 0 bridgehead atoms.